The van der Waals surface area contributed by atoms with Crippen molar-refractivity contribution < 1.29 is 19.1 Å². The van der Waals surface area contributed by atoms with E-state index in [-0.39, 0.29) is 17.7 Å². The van der Waals surface area contributed by atoms with Crippen LogP contribution in [0.15, 0.2) is 24.8 Å². The van der Waals surface area contributed by atoms with E-state index in [1.54, 1.807) is 20.3 Å². The highest BCUT2D eigenvalue weighted by molar-refractivity contribution is 5.83. The first-order chi connectivity index (χ1) is 11.6. The lowest BCUT2D eigenvalue weighted by Crippen LogP contribution is -2.42. The first kappa shape index (κ1) is 17.8. The van der Waals surface area contributed by atoms with Gasteiger partial charge in [0.15, 0.2) is 11.5 Å². The van der Waals surface area contributed by atoms with E-state index in [0.717, 1.165) is 11.1 Å². The highest BCUT2D eigenvalue weighted by Crippen LogP contribution is 2.33. The molecule has 0 radical (unpaired) electrons. The second kappa shape index (κ2) is 8.38. The number of rotatable bonds is 7. The van der Waals surface area contributed by atoms with E-state index in [9.17, 15) is 9.59 Å². The number of benzene rings is 1. The molecule has 0 aliphatic carbocycles. The van der Waals surface area contributed by atoms with Crippen LogP contribution in [0.4, 0.5) is 0 Å². The highest BCUT2D eigenvalue weighted by atomic mass is 16.5. The normalized spacial score (nSPS) is 16.9. The molecule has 1 aliphatic rings. The average Bonchev–Trinajstić information content (AvgIpc) is 2.60. The predicted octanol–water partition coefficient (Wildman–Crippen LogP) is 1.57. The van der Waals surface area contributed by atoms with Crippen LogP contribution in [0.2, 0.25) is 0 Å². The summed E-state index contributed by atoms with van der Waals surface area (Å²) in [6.45, 7) is 4.56. The third kappa shape index (κ3) is 4.28. The molecule has 2 N–H and O–H groups in total. The first-order valence-electron chi connectivity index (χ1n) is 7.98. The fraction of sp³-hybridized carbons (Fsp3) is 0.444. The summed E-state index contributed by atoms with van der Waals surface area (Å²) in [5.41, 5.74) is 1.89. The Kier molecular flexibility index (Phi) is 6.23. The zero-order valence-corrected chi connectivity index (χ0v) is 14.2. The van der Waals surface area contributed by atoms with Gasteiger partial charge in [0.05, 0.1) is 20.1 Å². The Morgan fingerprint density at radius 1 is 1.42 bits per heavy atom. The molecule has 1 aromatic carbocycles. The van der Waals surface area contributed by atoms with E-state index >= 15 is 0 Å². The summed E-state index contributed by atoms with van der Waals surface area (Å²) < 4.78 is 10.8. The van der Waals surface area contributed by atoms with Crippen molar-refractivity contribution in [3.05, 3.63) is 35.9 Å². The third-order valence-corrected chi connectivity index (χ3v) is 4.08. The molecule has 6 nitrogen and oxygen atoms in total. The number of methoxy groups -OCH3 is 2. The summed E-state index contributed by atoms with van der Waals surface area (Å²) in [5.74, 6) is 1.10. The molecule has 1 saturated heterocycles. The monoisotopic (exact) mass is 332 g/mol. The smallest absolute Gasteiger partial charge is 0.225 e. The SMILES string of the molecule is C=CCc1cc(CNC(=O)[C@@H]2CCC(=O)NC2)cc(OC)c1OC. The number of ether oxygens (including phenoxy) is 2. The summed E-state index contributed by atoms with van der Waals surface area (Å²) >= 11 is 0. The maximum atomic E-state index is 12.2. The predicted molar refractivity (Wildman–Crippen MR) is 91.0 cm³/mol. The van der Waals surface area contributed by atoms with Crippen molar-refractivity contribution in [1.29, 1.82) is 0 Å². The molecule has 0 saturated carbocycles. The molecule has 1 aromatic rings. The van der Waals surface area contributed by atoms with Crippen LogP contribution in [0, 0.1) is 5.92 Å². The Morgan fingerprint density at radius 3 is 2.79 bits per heavy atom. The number of hydrogen-bond acceptors (Lipinski definition) is 4. The molecule has 6 heteroatoms. The van der Waals surface area contributed by atoms with Crippen molar-refractivity contribution in [3.63, 3.8) is 0 Å². The first-order valence-corrected chi connectivity index (χ1v) is 7.98. The van der Waals surface area contributed by atoms with Gasteiger partial charge in [0, 0.05) is 25.1 Å². The minimum absolute atomic E-state index is 0.00741. The van der Waals surface area contributed by atoms with Gasteiger partial charge in [0.2, 0.25) is 11.8 Å². The Bertz CT molecular complexity index is 618. The average molecular weight is 332 g/mol. The van der Waals surface area contributed by atoms with Crippen molar-refractivity contribution in [2.75, 3.05) is 20.8 Å². The topological polar surface area (TPSA) is 76.7 Å². The minimum atomic E-state index is -0.171. The number of hydrogen-bond donors (Lipinski definition) is 2. The Morgan fingerprint density at radius 2 is 2.21 bits per heavy atom. The molecule has 1 aliphatic heterocycles. The maximum Gasteiger partial charge on any atom is 0.225 e. The largest absolute Gasteiger partial charge is 0.493 e. The van der Waals surface area contributed by atoms with Crippen LogP contribution in [-0.4, -0.2) is 32.6 Å². The molecule has 1 fully saturated rings. The summed E-state index contributed by atoms with van der Waals surface area (Å²) in [4.78, 5) is 23.4. The van der Waals surface area contributed by atoms with Crippen LogP contribution in [0.3, 0.4) is 0 Å². The van der Waals surface area contributed by atoms with Gasteiger partial charge in [-0.15, -0.1) is 6.58 Å². The van der Waals surface area contributed by atoms with Gasteiger partial charge in [0.1, 0.15) is 0 Å². The molecule has 2 amide bonds. The van der Waals surface area contributed by atoms with Crippen LogP contribution in [0.5, 0.6) is 11.5 Å². The van der Waals surface area contributed by atoms with Crippen molar-refractivity contribution in [2.24, 2.45) is 5.92 Å². The van der Waals surface area contributed by atoms with Crippen LogP contribution < -0.4 is 20.1 Å². The van der Waals surface area contributed by atoms with Crippen LogP contribution in [-0.2, 0) is 22.6 Å². The lowest BCUT2D eigenvalue weighted by atomic mass is 9.98. The second-order valence-electron chi connectivity index (χ2n) is 5.74. The minimum Gasteiger partial charge on any atom is -0.493 e. The zero-order valence-electron chi connectivity index (χ0n) is 14.2. The molecular formula is C18H24N2O4. The Balaban J connectivity index is 2.06. The fourth-order valence-electron chi connectivity index (χ4n) is 2.81. The van der Waals surface area contributed by atoms with Crippen molar-refractivity contribution in [1.82, 2.24) is 10.6 Å². The second-order valence-corrected chi connectivity index (χ2v) is 5.74. The number of carbonyl (C=O) groups is 2. The standard InChI is InChI=1S/C18H24N2O4/c1-4-5-13-8-12(9-15(23-2)17(13)24-3)10-20-18(22)14-6-7-16(21)19-11-14/h4,8-9,14H,1,5-7,10-11H2,2-3H3,(H,19,21)(H,20,22)/t14-/m1/s1. The lowest BCUT2D eigenvalue weighted by Gasteiger charge is -2.22. The van der Waals surface area contributed by atoms with Crippen LogP contribution in [0.25, 0.3) is 0 Å². The summed E-state index contributed by atoms with van der Waals surface area (Å²) in [6.07, 6.45) is 3.43. The van der Waals surface area contributed by atoms with E-state index in [1.807, 2.05) is 12.1 Å². The van der Waals surface area contributed by atoms with Gasteiger partial charge in [-0.05, 0) is 30.5 Å². The maximum absolute atomic E-state index is 12.2. The van der Waals surface area contributed by atoms with Gasteiger partial charge in [0.25, 0.3) is 0 Å². The number of amides is 2. The molecule has 130 valence electrons. The number of allylic oxidation sites excluding steroid dienone is 1. The van der Waals surface area contributed by atoms with E-state index in [2.05, 4.69) is 17.2 Å². The number of nitrogens with one attached hydrogen (secondary N) is 2. The molecule has 0 bridgehead atoms. The molecule has 0 unspecified atom stereocenters. The molecule has 0 spiro atoms. The summed E-state index contributed by atoms with van der Waals surface area (Å²) in [7, 11) is 3.19. The summed E-state index contributed by atoms with van der Waals surface area (Å²) in [5, 5.41) is 5.65. The third-order valence-electron chi connectivity index (χ3n) is 4.08. The molecule has 24 heavy (non-hydrogen) atoms. The Hall–Kier alpha value is -2.50. The molecule has 2 rings (SSSR count). The van der Waals surface area contributed by atoms with Crippen LogP contribution in [0.1, 0.15) is 24.0 Å². The van der Waals surface area contributed by atoms with Crippen molar-refractivity contribution in [3.8, 4) is 11.5 Å². The van der Waals surface area contributed by atoms with Gasteiger partial charge in [-0.3, -0.25) is 9.59 Å². The number of piperidine rings is 1. The molecule has 0 aromatic heterocycles. The zero-order chi connectivity index (χ0) is 17.5. The van der Waals surface area contributed by atoms with Crippen LogP contribution >= 0.6 is 0 Å². The van der Waals surface area contributed by atoms with E-state index < -0.39 is 0 Å². The van der Waals surface area contributed by atoms with Gasteiger partial charge in [-0.1, -0.05) is 6.08 Å². The van der Waals surface area contributed by atoms with Gasteiger partial charge in [-0.2, -0.15) is 0 Å². The van der Waals surface area contributed by atoms with E-state index in [1.165, 1.54) is 0 Å². The lowest BCUT2D eigenvalue weighted by molar-refractivity contribution is -0.129. The summed E-state index contributed by atoms with van der Waals surface area (Å²) in [6, 6.07) is 3.83. The quantitative estimate of drug-likeness (QED) is 0.743. The fourth-order valence-corrected chi connectivity index (χ4v) is 2.81. The van der Waals surface area contributed by atoms with Gasteiger partial charge < -0.3 is 20.1 Å². The van der Waals surface area contributed by atoms with E-state index in [4.69, 9.17) is 9.47 Å². The van der Waals surface area contributed by atoms with E-state index in [0.29, 0.717) is 43.9 Å². The van der Waals surface area contributed by atoms with Gasteiger partial charge >= 0.3 is 0 Å². The van der Waals surface area contributed by atoms with Crippen molar-refractivity contribution in [2.45, 2.75) is 25.8 Å². The highest BCUT2D eigenvalue weighted by Gasteiger charge is 2.24. The van der Waals surface area contributed by atoms with Crippen molar-refractivity contribution >= 4 is 11.8 Å². The molecule has 1 heterocycles. The number of carbonyl (C=O) groups excluding carboxylic acids is 2. The Labute approximate surface area is 142 Å². The van der Waals surface area contributed by atoms with Gasteiger partial charge in [-0.25, -0.2) is 0 Å². The molecule has 1 atom stereocenters. The molecular weight excluding hydrogens is 308 g/mol.